The Labute approximate surface area is 139 Å². The molecule has 0 unspecified atom stereocenters. The molecule has 0 aliphatic heterocycles. The van der Waals surface area contributed by atoms with Gasteiger partial charge in [-0.2, -0.15) is 0 Å². The molecular weight excluding hydrogens is 294 g/mol. The summed E-state index contributed by atoms with van der Waals surface area (Å²) >= 11 is 0. The average molecular weight is 334 g/mol. The third-order valence-electron chi connectivity index (χ3n) is 3.22. The van der Waals surface area contributed by atoms with Gasteiger partial charge in [0.15, 0.2) is 0 Å². The Kier molecular flexibility index (Phi) is 11.6. The summed E-state index contributed by atoms with van der Waals surface area (Å²) in [6.45, 7) is 21.4. The number of nitrogens with zero attached hydrogens (tertiary/aromatic N) is 1. The Balaban J connectivity index is 5.07. The van der Waals surface area contributed by atoms with Gasteiger partial charge in [0.2, 0.25) is 0 Å². The maximum absolute atomic E-state index is 6.28. The van der Waals surface area contributed by atoms with Gasteiger partial charge in [0.05, 0.1) is 6.17 Å². The molecule has 0 aliphatic carbocycles. The van der Waals surface area contributed by atoms with Gasteiger partial charge in [-0.05, 0) is 30.8 Å². The summed E-state index contributed by atoms with van der Waals surface area (Å²) in [5.41, 5.74) is 0. The second kappa shape index (κ2) is 11.6. The fourth-order valence-electron chi connectivity index (χ4n) is 1.86. The molecule has 0 aromatic heterocycles. The van der Waals surface area contributed by atoms with Crippen molar-refractivity contribution in [2.24, 2.45) is 17.8 Å². The summed E-state index contributed by atoms with van der Waals surface area (Å²) in [7, 11) is -2.66. The van der Waals surface area contributed by atoms with Crippen LogP contribution in [-0.4, -0.2) is 52.8 Å². The predicted octanol–water partition coefficient (Wildman–Crippen LogP) is 3.82. The van der Waals surface area contributed by atoms with E-state index in [1.807, 2.05) is 0 Å². The molecule has 0 aromatic carbocycles. The number of hydrogen-bond acceptors (Lipinski definition) is 4. The standard InChI is InChI=1S/C17H39NO3Si/c1-9-18(10-2)14-22(19-11-15(3)4,20-12-16(5)6)21-13-17(7)8/h15-17H,9-14H2,1-8H3. The summed E-state index contributed by atoms with van der Waals surface area (Å²) in [5, 5.41) is 0. The van der Waals surface area contributed by atoms with Crippen molar-refractivity contribution in [1.29, 1.82) is 0 Å². The average Bonchev–Trinajstić information content (AvgIpc) is 2.45. The molecule has 0 rings (SSSR count). The van der Waals surface area contributed by atoms with Crippen LogP contribution in [-0.2, 0) is 13.3 Å². The minimum absolute atomic E-state index is 0.480. The molecule has 0 saturated heterocycles. The number of rotatable bonds is 13. The maximum Gasteiger partial charge on any atom is 0.515 e. The summed E-state index contributed by atoms with van der Waals surface area (Å²) < 4.78 is 18.8. The van der Waals surface area contributed by atoms with Gasteiger partial charge in [0.1, 0.15) is 0 Å². The summed E-state index contributed by atoms with van der Waals surface area (Å²) in [5.74, 6) is 1.44. The smallest absolute Gasteiger partial charge is 0.372 e. The highest BCUT2D eigenvalue weighted by Crippen LogP contribution is 2.17. The molecule has 0 aromatic rings. The molecular formula is C17H39NO3Si. The largest absolute Gasteiger partial charge is 0.515 e. The Morgan fingerprint density at radius 1 is 0.682 bits per heavy atom. The van der Waals surface area contributed by atoms with Gasteiger partial charge >= 0.3 is 8.80 Å². The Morgan fingerprint density at radius 2 is 1.00 bits per heavy atom. The highest BCUT2D eigenvalue weighted by molar-refractivity contribution is 6.60. The van der Waals surface area contributed by atoms with Crippen LogP contribution < -0.4 is 0 Å². The second-order valence-electron chi connectivity index (χ2n) is 7.26. The van der Waals surface area contributed by atoms with E-state index in [1.165, 1.54) is 0 Å². The zero-order chi connectivity index (χ0) is 17.2. The van der Waals surface area contributed by atoms with Gasteiger partial charge < -0.3 is 13.3 Å². The van der Waals surface area contributed by atoms with Crippen LogP contribution >= 0.6 is 0 Å². The topological polar surface area (TPSA) is 30.9 Å². The molecule has 134 valence electrons. The summed E-state index contributed by atoms with van der Waals surface area (Å²) in [4.78, 5) is 2.35. The normalized spacial score (nSPS) is 13.1. The first-order chi connectivity index (χ1) is 10.2. The van der Waals surface area contributed by atoms with Gasteiger partial charge in [-0.1, -0.05) is 55.4 Å². The number of hydrogen-bond donors (Lipinski definition) is 0. The van der Waals surface area contributed by atoms with Gasteiger partial charge in [-0.25, -0.2) is 0 Å². The van der Waals surface area contributed by atoms with Crippen molar-refractivity contribution in [1.82, 2.24) is 4.90 Å². The van der Waals surface area contributed by atoms with E-state index >= 15 is 0 Å². The van der Waals surface area contributed by atoms with Crippen LogP contribution in [0.1, 0.15) is 55.4 Å². The van der Waals surface area contributed by atoms with Crippen LogP contribution in [0.4, 0.5) is 0 Å². The second-order valence-corrected chi connectivity index (χ2v) is 9.81. The third kappa shape index (κ3) is 9.95. The van der Waals surface area contributed by atoms with Crippen molar-refractivity contribution >= 4 is 8.80 Å². The van der Waals surface area contributed by atoms with Crippen LogP contribution in [0, 0.1) is 17.8 Å². The lowest BCUT2D eigenvalue weighted by molar-refractivity contribution is 0.0263. The SMILES string of the molecule is CCN(CC)C[Si](OCC(C)C)(OCC(C)C)OCC(C)C. The van der Waals surface area contributed by atoms with E-state index in [9.17, 15) is 0 Å². The van der Waals surface area contributed by atoms with Gasteiger partial charge in [0.25, 0.3) is 0 Å². The van der Waals surface area contributed by atoms with Gasteiger partial charge in [-0.15, -0.1) is 0 Å². The first kappa shape index (κ1) is 22.1. The lowest BCUT2D eigenvalue weighted by atomic mass is 10.2. The van der Waals surface area contributed by atoms with Crippen molar-refractivity contribution in [2.45, 2.75) is 55.4 Å². The van der Waals surface area contributed by atoms with Crippen LogP contribution in [0.15, 0.2) is 0 Å². The van der Waals surface area contributed by atoms with Crippen LogP contribution in [0.25, 0.3) is 0 Å². The molecule has 0 fully saturated rings. The molecule has 4 nitrogen and oxygen atoms in total. The Bertz CT molecular complexity index is 237. The molecule has 0 bridgehead atoms. The van der Waals surface area contributed by atoms with Gasteiger partial charge in [0, 0.05) is 19.8 Å². The zero-order valence-corrected chi connectivity index (χ0v) is 17.1. The van der Waals surface area contributed by atoms with E-state index < -0.39 is 8.80 Å². The summed E-state index contributed by atoms with van der Waals surface area (Å²) in [6.07, 6.45) is 0.784. The molecule has 0 radical (unpaired) electrons. The van der Waals surface area contributed by atoms with E-state index in [0.29, 0.717) is 37.6 Å². The van der Waals surface area contributed by atoms with Crippen LogP contribution in [0.5, 0.6) is 0 Å². The molecule has 5 heteroatoms. The molecule has 0 spiro atoms. The quantitative estimate of drug-likeness (QED) is 0.479. The minimum atomic E-state index is -2.66. The van der Waals surface area contributed by atoms with Crippen LogP contribution in [0.2, 0.25) is 0 Å². The van der Waals surface area contributed by atoms with E-state index in [-0.39, 0.29) is 0 Å². The maximum atomic E-state index is 6.28. The van der Waals surface area contributed by atoms with E-state index in [2.05, 4.69) is 60.3 Å². The van der Waals surface area contributed by atoms with Crippen molar-refractivity contribution in [3.63, 3.8) is 0 Å². The molecule has 0 atom stereocenters. The monoisotopic (exact) mass is 333 g/mol. The predicted molar refractivity (Wildman–Crippen MR) is 95.9 cm³/mol. The van der Waals surface area contributed by atoms with E-state index in [1.54, 1.807) is 0 Å². The molecule has 0 amide bonds. The molecule has 22 heavy (non-hydrogen) atoms. The lowest BCUT2D eigenvalue weighted by Gasteiger charge is -2.35. The van der Waals surface area contributed by atoms with Crippen molar-refractivity contribution in [2.75, 3.05) is 39.1 Å². The molecule has 0 aliphatic rings. The van der Waals surface area contributed by atoms with Crippen LogP contribution in [0.3, 0.4) is 0 Å². The molecule has 0 heterocycles. The third-order valence-corrected chi connectivity index (χ3v) is 5.88. The minimum Gasteiger partial charge on any atom is -0.372 e. The van der Waals surface area contributed by atoms with E-state index in [0.717, 1.165) is 19.3 Å². The van der Waals surface area contributed by atoms with E-state index in [4.69, 9.17) is 13.3 Å². The van der Waals surface area contributed by atoms with Gasteiger partial charge in [-0.3, -0.25) is 4.90 Å². The van der Waals surface area contributed by atoms with Crippen molar-refractivity contribution < 1.29 is 13.3 Å². The Morgan fingerprint density at radius 3 is 1.23 bits per heavy atom. The van der Waals surface area contributed by atoms with Crippen molar-refractivity contribution in [3.8, 4) is 0 Å². The highest BCUT2D eigenvalue weighted by atomic mass is 28.4. The zero-order valence-electron chi connectivity index (χ0n) is 16.1. The summed E-state index contributed by atoms with van der Waals surface area (Å²) in [6, 6.07) is 0. The first-order valence-electron chi connectivity index (χ1n) is 8.88. The fraction of sp³-hybridized carbons (Fsp3) is 1.00. The Hall–Kier alpha value is 0.0569. The molecule has 0 N–H and O–H groups in total. The first-order valence-corrected chi connectivity index (χ1v) is 10.8. The highest BCUT2D eigenvalue weighted by Gasteiger charge is 2.43. The lowest BCUT2D eigenvalue weighted by Crippen LogP contribution is -2.56. The fourth-order valence-corrected chi connectivity index (χ4v) is 5.14. The molecule has 0 saturated carbocycles. The van der Waals surface area contributed by atoms with Crippen molar-refractivity contribution in [3.05, 3.63) is 0 Å².